The van der Waals surface area contributed by atoms with Crippen LogP contribution in [0.2, 0.25) is 0 Å². The lowest BCUT2D eigenvalue weighted by molar-refractivity contribution is -0.143. The van der Waals surface area contributed by atoms with Crippen LogP contribution in [0.25, 0.3) is 0 Å². The van der Waals surface area contributed by atoms with Gasteiger partial charge in [0.05, 0.1) is 12.7 Å². The molecule has 0 unspecified atom stereocenters. The average Bonchev–Trinajstić information content (AvgIpc) is 2.66. The molecule has 0 saturated heterocycles. The van der Waals surface area contributed by atoms with E-state index in [2.05, 4.69) is 19.1 Å². The molecule has 0 aliphatic heterocycles. The summed E-state index contributed by atoms with van der Waals surface area (Å²) in [4.78, 5) is 22.4. The monoisotopic (exact) mass is 396 g/mol. The van der Waals surface area contributed by atoms with Crippen molar-refractivity contribution in [1.29, 1.82) is 0 Å². The Balaban J connectivity index is 3.33. The molecule has 0 saturated carbocycles. The minimum absolute atomic E-state index is 0.112. The summed E-state index contributed by atoms with van der Waals surface area (Å²) in [5, 5.41) is 9.89. The highest BCUT2D eigenvalue weighted by Gasteiger charge is 2.03. The first-order valence-corrected chi connectivity index (χ1v) is 11.5. The van der Waals surface area contributed by atoms with Crippen LogP contribution < -0.4 is 0 Å². The maximum atomic E-state index is 11.6. The molecule has 0 rings (SSSR count). The van der Waals surface area contributed by atoms with E-state index in [1.165, 1.54) is 32.1 Å². The van der Waals surface area contributed by atoms with Gasteiger partial charge in [0.1, 0.15) is 5.78 Å². The molecule has 0 aliphatic carbocycles. The van der Waals surface area contributed by atoms with E-state index in [4.69, 9.17) is 4.74 Å². The zero-order valence-corrected chi connectivity index (χ0v) is 18.4. The number of ether oxygens (including phenoxy) is 1. The van der Waals surface area contributed by atoms with Crippen molar-refractivity contribution >= 4 is 11.8 Å². The number of hydrogen-bond acceptors (Lipinski definition) is 4. The van der Waals surface area contributed by atoms with Crippen molar-refractivity contribution in [2.24, 2.45) is 0 Å². The number of Topliss-reactive ketones (excluding diaryl/α,β-unsaturated/α-hetero) is 1. The standard InChI is InChI=1S/C24H44O4/c1-3-4-5-12-18-23(26)19-13-10-8-6-7-9-11-14-20-24(27)28-21-16-15-17-22(2)25/h10,13,23,26H,3-9,11-12,14-21H2,1-2H3/b13-10-/t23-/m1/s1. The van der Waals surface area contributed by atoms with Crippen molar-refractivity contribution in [2.75, 3.05) is 6.61 Å². The van der Waals surface area contributed by atoms with Gasteiger partial charge >= 0.3 is 5.97 Å². The number of rotatable bonds is 20. The van der Waals surface area contributed by atoms with Crippen molar-refractivity contribution < 1.29 is 19.4 Å². The molecule has 0 radical (unpaired) electrons. The predicted molar refractivity (Wildman–Crippen MR) is 116 cm³/mol. The van der Waals surface area contributed by atoms with E-state index in [0.717, 1.165) is 57.8 Å². The normalized spacial score (nSPS) is 12.4. The van der Waals surface area contributed by atoms with Crippen molar-refractivity contribution in [3.05, 3.63) is 12.2 Å². The molecule has 0 fully saturated rings. The maximum Gasteiger partial charge on any atom is 0.305 e. The zero-order valence-electron chi connectivity index (χ0n) is 18.4. The number of carbonyl (C=O) groups is 2. The van der Waals surface area contributed by atoms with Crippen molar-refractivity contribution in [3.8, 4) is 0 Å². The maximum absolute atomic E-state index is 11.6. The SMILES string of the molecule is CCCCCC[C@@H](O)C/C=C\CCCCCCCC(=O)OCCCCC(C)=O. The second-order valence-electron chi connectivity index (χ2n) is 7.90. The predicted octanol–water partition coefficient (Wildman–Crippen LogP) is 6.30. The quantitative estimate of drug-likeness (QED) is 0.149. The Labute approximate surface area is 173 Å². The third-order valence-electron chi connectivity index (χ3n) is 4.90. The van der Waals surface area contributed by atoms with Crippen molar-refractivity contribution in [1.82, 2.24) is 0 Å². The van der Waals surface area contributed by atoms with Crippen LogP contribution >= 0.6 is 0 Å². The summed E-state index contributed by atoms with van der Waals surface area (Å²) in [6.45, 7) is 4.23. The molecule has 4 heteroatoms. The second kappa shape index (κ2) is 20.6. The lowest BCUT2D eigenvalue weighted by Gasteiger charge is -2.07. The van der Waals surface area contributed by atoms with E-state index in [-0.39, 0.29) is 17.9 Å². The van der Waals surface area contributed by atoms with Gasteiger partial charge in [-0.05, 0) is 51.9 Å². The highest BCUT2D eigenvalue weighted by Crippen LogP contribution is 2.11. The Hall–Kier alpha value is -1.16. The number of aliphatic hydroxyl groups excluding tert-OH is 1. The number of hydrogen-bond donors (Lipinski definition) is 1. The Morgan fingerprint density at radius 3 is 2.29 bits per heavy atom. The average molecular weight is 397 g/mol. The zero-order chi connectivity index (χ0) is 20.9. The van der Waals surface area contributed by atoms with Gasteiger partial charge in [0.15, 0.2) is 0 Å². The minimum atomic E-state index is -0.179. The second-order valence-corrected chi connectivity index (χ2v) is 7.90. The van der Waals surface area contributed by atoms with E-state index in [0.29, 0.717) is 19.4 Å². The summed E-state index contributed by atoms with van der Waals surface area (Å²) >= 11 is 0. The van der Waals surface area contributed by atoms with Crippen LogP contribution in [0.3, 0.4) is 0 Å². The molecule has 0 amide bonds. The summed E-state index contributed by atoms with van der Waals surface area (Å²) < 4.78 is 5.17. The van der Waals surface area contributed by atoms with Crippen molar-refractivity contribution in [3.63, 3.8) is 0 Å². The van der Waals surface area contributed by atoms with Crippen LogP contribution in [0.1, 0.15) is 117 Å². The van der Waals surface area contributed by atoms with Gasteiger partial charge in [0, 0.05) is 12.8 Å². The Kier molecular flexibility index (Phi) is 19.7. The molecule has 28 heavy (non-hydrogen) atoms. The summed E-state index contributed by atoms with van der Waals surface area (Å²) in [5.41, 5.74) is 0. The van der Waals surface area contributed by atoms with Gasteiger partial charge in [-0.15, -0.1) is 0 Å². The van der Waals surface area contributed by atoms with Gasteiger partial charge in [-0.25, -0.2) is 0 Å². The van der Waals surface area contributed by atoms with E-state index in [9.17, 15) is 14.7 Å². The van der Waals surface area contributed by atoms with Crippen LogP contribution in [-0.4, -0.2) is 29.6 Å². The molecule has 0 spiro atoms. The van der Waals surface area contributed by atoms with Gasteiger partial charge in [0.2, 0.25) is 0 Å². The molecular formula is C24H44O4. The first-order chi connectivity index (χ1) is 13.6. The number of aliphatic hydroxyl groups is 1. The van der Waals surface area contributed by atoms with Gasteiger partial charge in [-0.2, -0.15) is 0 Å². The minimum Gasteiger partial charge on any atom is -0.466 e. The largest absolute Gasteiger partial charge is 0.466 e. The highest BCUT2D eigenvalue weighted by atomic mass is 16.5. The molecule has 164 valence electrons. The molecule has 1 N–H and O–H groups in total. The van der Waals surface area contributed by atoms with Gasteiger partial charge in [0.25, 0.3) is 0 Å². The number of allylic oxidation sites excluding steroid dienone is 1. The molecule has 0 aromatic rings. The smallest absolute Gasteiger partial charge is 0.305 e. The Morgan fingerprint density at radius 2 is 1.54 bits per heavy atom. The van der Waals surface area contributed by atoms with Gasteiger partial charge in [-0.1, -0.05) is 64.0 Å². The van der Waals surface area contributed by atoms with E-state index >= 15 is 0 Å². The lowest BCUT2D eigenvalue weighted by atomic mass is 10.1. The van der Waals surface area contributed by atoms with E-state index < -0.39 is 0 Å². The molecule has 0 heterocycles. The first kappa shape index (κ1) is 26.8. The van der Waals surface area contributed by atoms with Crippen LogP contribution in [0.5, 0.6) is 0 Å². The Morgan fingerprint density at radius 1 is 0.857 bits per heavy atom. The third kappa shape index (κ3) is 21.1. The van der Waals surface area contributed by atoms with Crippen LogP contribution in [0.15, 0.2) is 12.2 Å². The van der Waals surface area contributed by atoms with Gasteiger partial charge < -0.3 is 14.6 Å². The molecule has 4 nitrogen and oxygen atoms in total. The fraction of sp³-hybridized carbons (Fsp3) is 0.833. The van der Waals surface area contributed by atoms with Crippen molar-refractivity contribution in [2.45, 2.75) is 123 Å². The number of unbranched alkanes of at least 4 members (excludes halogenated alkanes) is 9. The number of ketones is 1. The molecule has 0 aliphatic rings. The van der Waals surface area contributed by atoms with E-state index in [1.807, 2.05) is 0 Å². The highest BCUT2D eigenvalue weighted by molar-refractivity contribution is 5.75. The summed E-state index contributed by atoms with van der Waals surface area (Å²) in [5.74, 6) is 0.0798. The number of esters is 1. The summed E-state index contributed by atoms with van der Waals surface area (Å²) in [6.07, 6.45) is 19.9. The van der Waals surface area contributed by atoms with Crippen LogP contribution in [0, 0.1) is 0 Å². The molecular weight excluding hydrogens is 352 g/mol. The Bertz CT molecular complexity index is 403. The topological polar surface area (TPSA) is 63.6 Å². The third-order valence-corrected chi connectivity index (χ3v) is 4.90. The summed E-state index contributed by atoms with van der Waals surface area (Å²) in [6, 6.07) is 0. The molecule has 0 bridgehead atoms. The first-order valence-electron chi connectivity index (χ1n) is 11.5. The summed E-state index contributed by atoms with van der Waals surface area (Å²) in [7, 11) is 0. The fourth-order valence-corrected chi connectivity index (χ4v) is 3.09. The van der Waals surface area contributed by atoms with Crippen LogP contribution in [0.4, 0.5) is 0 Å². The molecule has 0 aromatic heterocycles. The van der Waals surface area contributed by atoms with Gasteiger partial charge in [-0.3, -0.25) is 4.79 Å². The fourth-order valence-electron chi connectivity index (χ4n) is 3.09. The molecule has 1 atom stereocenters. The van der Waals surface area contributed by atoms with Crippen LogP contribution in [-0.2, 0) is 14.3 Å². The lowest BCUT2D eigenvalue weighted by Crippen LogP contribution is -2.06. The number of carbonyl (C=O) groups excluding carboxylic acids is 2. The van der Waals surface area contributed by atoms with E-state index in [1.54, 1.807) is 6.92 Å². The molecule has 0 aromatic carbocycles.